The van der Waals surface area contributed by atoms with Crippen LogP contribution in [0.4, 0.5) is 0 Å². The highest BCUT2D eigenvalue weighted by Gasteiger charge is 2.24. The van der Waals surface area contributed by atoms with Crippen molar-refractivity contribution in [1.82, 2.24) is 9.88 Å². The molecule has 1 fully saturated rings. The minimum atomic E-state index is -3.34. The van der Waals surface area contributed by atoms with Gasteiger partial charge in [0.25, 0.3) is 0 Å². The van der Waals surface area contributed by atoms with Gasteiger partial charge in [0.2, 0.25) is 0 Å². The van der Waals surface area contributed by atoms with Crippen LogP contribution in [0.2, 0.25) is 0 Å². The van der Waals surface area contributed by atoms with E-state index in [1.165, 1.54) is 31.2 Å². The highest BCUT2D eigenvalue weighted by atomic mass is 32.2. The number of aromatic amines is 1. The summed E-state index contributed by atoms with van der Waals surface area (Å²) in [5, 5.41) is 0. The van der Waals surface area contributed by atoms with Crippen molar-refractivity contribution in [2.45, 2.75) is 61.9 Å². The molecule has 1 N–H and O–H groups in total. The van der Waals surface area contributed by atoms with Crippen molar-refractivity contribution in [2.24, 2.45) is 0 Å². The van der Waals surface area contributed by atoms with Crippen molar-refractivity contribution in [1.29, 1.82) is 0 Å². The summed E-state index contributed by atoms with van der Waals surface area (Å²) >= 11 is 1.60. The third-order valence-corrected chi connectivity index (χ3v) is 9.35. The van der Waals surface area contributed by atoms with Crippen LogP contribution in [0.1, 0.15) is 56.8 Å². The monoisotopic (exact) mass is 512 g/mol. The second-order valence-corrected chi connectivity index (χ2v) is 12.6. The van der Waals surface area contributed by atoms with E-state index in [0.29, 0.717) is 10.9 Å². The Morgan fingerprint density at radius 2 is 1.86 bits per heavy atom. The summed E-state index contributed by atoms with van der Waals surface area (Å²) < 4.78 is 31.3. The van der Waals surface area contributed by atoms with E-state index in [4.69, 9.17) is 4.74 Å². The molecule has 0 saturated carbocycles. The molecule has 1 aliphatic heterocycles. The molecule has 0 aliphatic carbocycles. The zero-order valence-electron chi connectivity index (χ0n) is 20.9. The average Bonchev–Trinajstić information content (AvgIpc) is 3.21. The van der Waals surface area contributed by atoms with E-state index in [2.05, 4.69) is 53.2 Å². The van der Waals surface area contributed by atoms with Gasteiger partial charge in [0.1, 0.15) is 5.75 Å². The number of hydrogen-bond donors (Lipinski definition) is 1. The number of aromatic nitrogens is 1. The number of H-pyrrole nitrogens is 1. The van der Waals surface area contributed by atoms with Gasteiger partial charge in [-0.3, -0.25) is 4.90 Å². The molecule has 0 bridgehead atoms. The number of rotatable bonds is 9. The Labute approximate surface area is 214 Å². The lowest BCUT2D eigenvalue weighted by molar-refractivity contribution is 0.190. The number of benzene rings is 2. The van der Waals surface area contributed by atoms with Gasteiger partial charge in [0.15, 0.2) is 9.84 Å². The zero-order chi connectivity index (χ0) is 24.8. The third kappa shape index (κ3) is 5.96. The molecule has 0 amide bonds. The van der Waals surface area contributed by atoms with E-state index in [-0.39, 0.29) is 5.75 Å². The van der Waals surface area contributed by atoms with Crippen LogP contribution in [-0.2, 0) is 16.4 Å². The standard InChI is InChI=1S/C28H36N2O3S2/c1-4-34-27-19-23(35(31,32)5-2)18-24(28(27)33-3)25-16-15-22(29-25)20-30-17-11-7-10-14-26(30)21-12-8-6-9-13-21/h6,8-9,12-13,15-16,18-19,26,29H,4-5,7,10-11,14,17,20H2,1-3H3/t26-/m1/s1. The Kier molecular flexibility index (Phi) is 8.63. The fourth-order valence-electron chi connectivity index (χ4n) is 4.91. The molecular formula is C28H36N2O3S2. The molecule has 4 rings (SSSR count). The predicted molar refractivity (Wildman–Crippen MR) is 145 cm³/mol. The first-order chi connectivity index (χ1) is 17.0. The van der Waals surface area contributed by atoms with Crippen molar-refractivity contribution in [3.8, 4) is 17.0 Å². The number of hydrogen-bond acceptors (Lipinski definition) is 5. The predicted octanol–water partition coefficient (Wildman–Crippen LogP) is 6.71. The maximum absolute atomic E-state index is 12.7. The first-order valence-electron chi connectivity index (χ1n) is 12.5. The van der Waals surface area contributed by atoms with Gasteiger partial charge >= 0.3 is 0 Å². The highest BCUT2D eigenvalue weighted by molar-refractivity contribution is 7.99. The van der Waals surface area contributed by atoms with Gasteiger partial charge < -0.3 is 9.72 Å². The second-order valence-electron chi connectivity index (χ2n) is 8.98. The molecule has 35 heavy (non-hydrogen) atoms. The number of ether oxygens (including phenoxy) is 1. The fourth-order valence-corrected chi connectivity index (χ4v) is 6.76. The summed E-state index contributed by atoms with van der Waals surface area (Å²) in [6.07, 6.45) is 4.89. The molecule has 5 nitrogen and oxygen atoms in total. The zero-order valence-corrected chi connectivity index (χ0v) is 22.6. The van der Waals surface area contributed by atoms with Gasteiger partial charge in [-0.25, -0.2) is 8.42 Å². The van der Waals surface area contributed by atoms with Gasteiger partial charge in [-0.1, -0.05) is 57.0 Å². The molecule has 0 spiro atoms. The number of nitrogens with one attached hydrogen (secondary N) is 1. The Morgan fingerprint density at radius 3 is 2.57 bits per heavy atom. The lowest BCUT2D eigenvalue weighted by Gasteiger charge is -2.30. The molecule has 1 saturated heterocycles. The quantitative estimate of drug-likeness (QED) is 0.323. The molecule has 7 heteroatoms. The Balaban J connectivity index is 1.68. The van der Waals surface area contributed by atoms with Crippen molar-refractivity contribution < 1.29 is 13.2 Å². The Morgan fingerprint density at radius 1 is 1.06 bits per heavy atom. The van der Waals surface area contributed by atoms with Crippen LogP contribution in [0.15, 0.2) is 64.4 Å². The Hall–Kier alpha value is -2.22. The normalized spacial score (nSPS) is 17.3. The van der Waals surface area contributed by atoms with E-state index in [9.17, 15) is 8.42 Å². The first kappa shape index (κ1) is 25.9. The lowest BCUT2D eigenvalue weighted by atomic mass is 10.0. The topological polar surface area (TPSA) is 62.4 Å². The largest absolute Gasteiger partial charge is 0.495 e. The summed E-state index contributed by atoms with van der Waals surface area (Å²) in [7, 11) is -1.69. The van der Waals surface area contributed by atoms with Crippen LogP contribution in [0, 0.1) is 0 Å². The van der Waals surface area contributed by atoms with Crippen molar-refractivity contribution in [2.75, 3.05) is 25.2 Å². The molecule has 0 unspecified atom stereocenters. The van der Waals surface area contributed by atoms with Crippen LogP contribution in [0.5, 0.6) is 5.75 Å². The summed E-state index contributed by atoms with van der Waals surface area (Å²) in [6.45, 7) is 5.63. The van der Waals surface area contributed by atoms with E-state index in [1.807, 2.05) is 6.07 Å². The van der Waals surface area contributed by atoms with Crippen LogP contribution >= 0.6 is 11.8 Å². The van der Waals surface area contributed by atoms with E-state index in [1.54, 1.807) is 37.9 Å². The maximum Gasteiger partial charge on any atom is 0.178 e. The molecular weight excluding hydrogens is 476 g/mol. The molecule has 2 heterocycles. The molecule has 3 aromatic rings. The second kappa shape index (κ2) is 11.7. The summed E-state index contributed by atoms with van der Waals surface area (Å²) in [6, 6.07) is 18.9. The van der Waals surface area contributed by atoms with Crippen LogP contribution in [0.25, 0.3) is 11.3 Å². The minimum absolute atomic E-state index is 0.0702. The SMILES string of the molecule is CCSc1cc(S(=O)(=O)CC)cc(-c2ccc(CN3CCCCC[C@@H]3c3ccccc3)[nH]2)c1OC. The number of thioether (sulfide) groups is 1. The van der Waals surface area contributed by atoms with Gasteiger partial charge in [-0.2, -0.15) is 0 Å². The number of likely N-dealkylation sites (tertiary alicyclic amines) is 1. The smallest absolute Gasteiger partial charge is 0.178 e. The number of sulfone groups is 1. The van der Waals surface area contributed by atoms with E-state index in [0.717, 1.165) is 46.4 Å². The van der Waals surface area contributed by atoms with Crippen molar-refractivity contribution in [3.05, 3.63) is 65.9 Å². The summed E-state index contributed by atoms with van der Waals surface area (Å²) in [5.41, 5.74) is 4.17. The molecule has 1 aliphatic rings. The lowest BCUT2D eigenvalue weighted by Crippen LogP contribution is -2.28. The average molecular weight is 513 g/mol. The van der Waals surface area contributed by atoms with Crippen LogP contribution < -0.4 is 4.74 Å². The van der Waals surface area contributed by atoms with Crippen molar-refractivity contribution >= 4 is 21.6 Å². The molecule has 2 aromatic carbocycles. The fraction of sp³-hybridized carbons (Fsp3) is 0.429. The molecule has 1 aromatic heterocycles. The first-order valence-corrected chi connectivity index (χ1v) is 15.2. The minimum Gasteiger partial charge on any atom is -0.495 e. The van der Waals surface area contributed by atoms with Gasteiger partial charge in [-0.15, -0.1) is 11.8 Å². The van der Waals surface area contributed by atoms with E-state index >= 15 is 0 Å². The maximum atomic E-state index is 12.7. The van der Waals surface area contributed by atoms with Crippen molar-refractivity contribution in [3.63, 3.8) is 0 Å². The van der Waals surface area contributed by atoms with Gasteiger partial charge in [0.05, 0.1) is 22.7 Å². The van der Waals surface area contributed by atoms with Crippen LogP contribution in [0.3, 0.4) is 0 Å². The summed E-state index contributed by atoms with van der Waals surface area (Å²) in [5.74, 6) is 1.62. The van der Waals surface area contributed by atoms with E-state index < -0.39 is 9.84 Å². The molecule has 0 radical (unpaired) electrons. The third-order valence-electron chi connectivity index (χ3n) is 6.73. The molecule has 188 valence electrons. The van der Waals surface area contributed by atoms with Gasteiger partial charge in [0, 0.05) is 29.5 Å². The van der Waals surface area contributed by atoms with Crippen LogP contribution in [-0.4, -0.2) is 43.5 Å². The number of methoxy groups -OCH3 is 1. The summed E-state index contributed by atoms with van der Waals surface area (Å²) in [4.78, 5) is 7.36. The Bertz CT molecular complexity index is 1220. The van der Waals surface area contributed by atoms with Gasteiger partial charge in [-0.05, 0) is 55.0 Å². The highest BCUT2D eigenvalue weighted by Crippen LogP contribution is 2.41. The molecule has 1 atom stereocenters. The number of nitrogens with zero attached hydrogens (tertiary/aromatic N) is 1.